The van der Waals surface area contributed by atoms with E-state index in [1.807, 2.05) is 78.9 Å². The number of aromatic amines is 2. The third-order valence-electron chi connectivity index (χ3n) is 5.30. The highest BCUT2D eigenvalue weighted by Gasteiger charge is 2.14. The number of fused-ring (bicyclic) bond motifs is 1. The molecule has 5 rings (SSSR count). The standard InChI is InChI=1S/C27H20N4O2/c32-26(19-7-3-1-4-8-19)28-21-13-11-18(12-14-21)25-30-23-16-15-22(17-24(23)31-25)29-27(33)20-9-5-2-6-10-20/h1-17H,(H,28,32)(H,29,33)(H,30,31)/p+1. The minimum Gasteiger partial charge on any atom is -0.322 e. The number of carbonyl (C=O) groups is 2. The summed E-state index contributed by atoms with van der Waals surface area (Å²) in [6.07, 6.45) is 0. The summed E-state index contributed by atoms with van der Waals surface area (Å²) in [6, 6.07) is 31.5. The van der Waals surface area contributed by atoms with Crippen LogP contribution < -0.4 is 15.6 Å². The third kappa shape index (κ3) is 4.50. The summed E-state index contributed by atoms with van der Waals surface area (Å²) in [7, 11) is 0. The smallest absolute Gasteiger partial charge is 0.285 e. The van der Waals surface area contributed by atoms with Crippen molar-refractivity contribution in [2.24, 2.45) is 0 Å². The van der Waals surface area contributed by atoms with Crippen LogP contribution in [0.2, 0.25) is 0 Å². The van der Waals surface area contributed by atoms with Gasteiger partial charge in [-0.05, 0) is 60.7 Å². The van der Waals surface area contributed by atoms with Crippen molar-refractivity contribution < 1.29 is 14.6 Å². The number of rotatable bonds is 5. The molecule has 0 saturated heterocycles. The number of hydrogen-bond donors (Lipinski definition) is 3. The highest BCUT2D eigenvalue weighted by atomic mass is 16.2. The van der Waals surface area contributed by atoms with E-state index in [4.69, 9.17) is 0 Å². The van der Waals surface area contributed by atoms with Crippen LogP contribution in [0.4, 0.5) is 11.4 Å². The van der Waals surface area contributed by atoms with Crippen LogP contribution in [-0.2, 0) is 0 Å². The molecule has 1 heterocycles. The zero-order valence-corrected chi connectivity index (χ0v) is 17.6. The molecule has 0 aliphatic rings. The minimum absolute atomic E-state index is 0.148. The summed E-state index contributed by atoms with van der Waals surface area (Å²) in [5.74, 6) is 0.530. The Morgan fingerprint density at radius 2 is 1.18 bits per heavy atom. The number of carbonyl (C=O) groups excluding carboxylic acids is 2. The fraction of sp³-hybridized carbons (Fsp3) is 0. The molecule has 0 aliphatic heterocycles. The molecule has 0 radical (unpaired) electrons. The van der Waals surface area contributed by atoms with Gasteiger partial charge in [0, 0.05) is 28.6 Å². The molecule has 160 valence electrons. The summed E-state index contributed by atoms with van der Waals surface area (Å²) >= 11 is 0. The van der Waals surface area contributed by atoms with Crippen LogP contribution in [0, 0.1) is 0 Å². The number of benzene rings is 4. The van der Waals surface area contributed by atoms with Crippen molar-refractivity contribution in [2.75, 3.05) is 10.6 Å². The number of amides is 2. The molecule has 4 N–H and O–H groups in total. The highest BCUT2D eigenvalue weighted by molar-refractivity contribution is 6.05. The van der Waals surface area contributed by atoms with E-state index in [0.29, 0.717) is 16.8 Å². The van der Waals surface area contributed by atoms with Gasteiger partial charge in [-0.3, -0.25) is 9.59 Å². The van der Waals surface area contributed by atoms with Crippen molar-refractivity contribution in [1.29, 1.82) is 0 Å². The summed E-state index contributed by atoms with van der Waals surface area (Å²) in [5.41, 5.74) is 5.38. The summed E-state index contributed by atoms with van der Waals surface area (Å²) in [5, 5.41) is 5.83. The minimum atomic E-state index is -0.154. The fourth-order valence-corrected chi connectivity index (χ4v) is 3.59. The van der Waals surface area contributed by atoms with E-state index in [1.54, 1.807) is 24.3 Å². The highest BCUT2D eigenvalue weighted by Crippen LogP contribution is 2.22. The van der Waals surface area contributed by atoms with Crippen LogP contribution in [0.3, 0.4) is 0 Å². The van der Waals surface area contributed by atoms with Gasteiger partial charge in [-0.25, -0.2) is 9.97 Å². The van der Waals surface area contributed by atoms with Crippen LogP contribution in [0.1, 0.15) is 20.7 Å². The van der Waals surface area contributed by atoms with Gasteiger partial charge in [0.1, 0.15) is 0 Å². The number of hydrogen-bond acceptors (Lipinski definition) is 2. The van der Waals surface area contributed by atoms with Gasteiger partial charge in [-0.15, -0.1) is 0 Å². The quantitative estimate of drug-likeness (QED) is 0.358. The lowest BCUT2D eigenvalue weighted by molar-refractivity contribution is -0.330. The first-order valence-corrected chi connectivity index (χ1v) is 10.5. The molecule has 0 bridgehead atoms. The molecule has 33 heavy (non-hydrogen) atoms. The van der Waals surface area contributed by atoms with Crippen LogP contribution in [0.5, 0.6) is 0 Å². The molecular formula is C27H21N4O2+. The lowest BCUT2D eigenvalue weighted by Gasteiger charge is -2.05. The lowest BCUT2D eigenvalue weighted by Crippen LogP contribution is -2.11. The Hall–Kier alpha value is -4.71. The molecule has 2 amide bonds. The van der Waals surface area contributed by atoms with E-state index in [2.05, 4.69) is 20.6 Å². The summed E-state index contributed by atoms with van der Waals surface area (Å²) in [6.45, 7) is 0. The Kier molecular flexibility index (Phi) is 5.39. The zero-order chi connectivity index (χ0) is 22.6. The maximum absolute atomic E-state index is 12.4. The first-order valence-electron chi connectivity index (χ1n) is 10.5. The van der Waals surface area contributed by atoms with Crippen LogP contribution in [0.25, 0.3) is 22.4 Å². The topological polar surface area (TPSA) is 88.1 Å². The van der Waals surface area contributed by atoms with Gasteiger partial charge in [-0.1, -0.05) is 36.4 Å². The summed E-state index contributed by atoms with van der Waals surface area (Å²) < 4.78 is 0. The van der Waals surface area contributed by atoms with Crippen LogP contribution in [0.15, 0.2) is 103 Å². The molecule has 0 atom stereocenters. The molecule has 0 spiro atoms. The first kappa shape index (κ1) is 20.2. The Balaban J connectivity index is 1.31. The zero-order valence-electron chi connectivity index (χ0n) is 17.6. The predicted octanol–water partition coefficient (Wildman–Crippen LogP) is 5.15. The first-order chi connectivity index (χ1) is 16.2. The van der Waals surface area contributed by atoms with Gasteiger partial charge in [0.05, 0.1) is 5.56 Å². The van der Waals surface area contributed by atoms with Gasteiger partial charge in [0.15, 0.2) is 11.0 Å². The molecular weight excluding hydrogens is 412 g/mol. The SMILES string of the molecule is O=C(Nc1ccc(-c2[nH]c3cc(NC(=O)c4ccccc4)ccc3[nH+]2)cc1)c1ccccc1. The number of H-pyrrole nitrogens is 2. The van der Waals surface area contributed by atoms with Gasteiger partial charge in [0.2, 0.25) is 0 Å². The molecule has 0 unspecified atom stereocenters. The van der Waals surface area contributed by atoms with Crippen molar-refractivity contribution in [1.82, 2.24) is 4.98 Å². The van der Waals surface area contributed by atoms with E-state index >= 15 is 0 Å². The van der Waals surface area contributed by atoms with Crippen molar-refractivity contribution in [3.63, 3.8) is 0 Å². The van der Waals surface area contributed by atoms with Gasteiger partial charge >= 0.3 is 0 Å². The van der Waals surface area contributed by atoms with Crippen LogP contribution >= 0.6 is 0 Å². The Morgan fingerprint density at radius 3 is 1.79 bits per heavy atom. The van der Waals surface area contributed by atoms with Gasteiger partial charge < -0.3 is 10.6 Å². The number of aromatic nitrogens is 2. The van der Waals surface area contributed by atoms with E-state index in [0.717, 1.165) is 28.1 Å². The van der Waals surface area contributed by atoms with Crippen LogP contribution in [-0.4, -0.2) is 16.8 Å². The lowest BCUT2D eigenvalue weighted by atomic mass is 10.1. The van der Waals surface area contributed by atoms with Crippen molar-refractivity contribution in [3.8, 4) is 11.4 Å². The number of nitrogens with one attached hydrogen (secondary N) is 4. The van der Waals surface area contributed by atoms with Crippen molar-refractivity contribution in [3.05, 3.63) is 114 Å². The number of anilines is 2. The normalized spacial score (nSPS) is 10.7. The summed E-state index contributed by atoms with van der Waals surface area (Å²) in [4.78, 5) is 31.5. The van der Waals surface area contributed by atoms with E-state index in [1.165, 1.54) is 0 Å². The van der Waals surface area contributed by atoms with Gasteiger partial charge in [0.25, 0.3) is 17.6 Å². The molecule has 0 aliphatic carbocycles. The second-order valence-electron chi connectivity index (χ2n) is 7.60. The molecule has 0 saturated carbocycles. The largest absolute Gasteiger partial charge is 0.322 e. The Bertz CT molecular complexity index is 1430. The molecule has 5 aromatic rings. The average Bonchev–Trinajstić information content (AvgIpc) is 3.29. The van der Waals surface area contributed by atoms with E-state index in [-0.39, 0.29) is 11.8 Å². The van der Waals surface area contributed by atoms with Crippen molar-refractivity contribution in [2.45, 2.75) is 0 Å². The van der Waals surface area contributed by atoms with Crippen molar-refractivity contribution >= 4 is 34.2 Å². The van der Waals surface area contributed by atoms with Gasteiger partial charge in [-0.2, -0.15) is 0 Å². The second-order valence-corrected chi connectivity index (χ2v) is 7.60. The molecule has 0 fully saturated rings. The molecule has 4 aromatic carbocycles. The molecule has 6 nitrogen and oxygen atoms in total. The third-order valence-corrected chi connectivity index (χ3v) is 5.30. The average molecular weight is 433 g/mol. The van der Waals surface area contributed by atoms with E-state index < -0.39 is 0 Å². The number of imidazole rings is 1. The maximum Gasteiger partial charge on any atom is 0.285 e. The fourth-order valence-electron chi connectivity index (χ4n) is 3.59. The maximum atomic E-state index is 12.4. The second kappa shape index (κ2) is 8.80. The Labute approximate surface area is 190 Å². The van der Waals surface area contributed by atoms with E-state index in [9.17, 15) is 9.59 Å². The molecule has 1 aromatic heterocycles. The monoisotopic (exact) mass is 433 g/mol. The molecule has 6 heteroatoms. The Morgan fingerprint density at radius 1 is 0.636 bits per heavy atom. The predicted molar refractivity (Wildman–Crippen MR) is 129 cm³/mol.